The van der Waals surface area contributed by atoms with Gasteiger partial charge in [-0.3, -0.25) is 5.10 Å². The van der Waals surface area contributed by atoms with Crippen LogP contribution in [0.1, 0.15) is 12.5 Å². The Kier molecular flexibility index (Phi) is 4.58. The Balaban J connectivity index is 2.09. The van der Waals surface area contributed by atoms with Crippen molar-refractivity contribution in [3.05, 3.63) is 34.6 Å². The minimum absolute atomic E-state index is 0.796. The molecule has 0 atom stereocenters. The maximum absolute atomic E-state index is 4.09. The number of benzene rings is 1. The second-order valence-corrected chi connectivity index (χ2v) is 5.32. The largest absolute Gasteiger partial charge is 0.313 e. The fourth-order valence-electron chi connectivity index (χ4n) is 1.35. The molecule has 0 radical (unpaired) electrons. The van der Waals surface area contributed by atoms with Crippen LogP contribution in [-0.2, 0) is 6.54 Å². The molecule has 2 aromatic rings. The first-order valence-electron chi connectivity index (χ1n) is 5.32. The summed E-state index contributed by atoms with van der Waals surface area (Å²) in [6.07, 6.45) is 1.51. The number of hydrogen-bond acceptors (Lipinski definition) is 4. The molecular formula is C11H13BrN4S. The highest BCUT2D eigenvalue weighted by Gasteiger charge is 2.05. The van der Waals surface area contributed by atoms with Gasteiger partial charge in [0.05, 0.1) is 0 Å². The van der Waals surface area contributed by atoms with E-state index in [1.807, 2.05) is 0 Å². The quantitative estimate of drug-likeness (QED) is 0.891. The summed E-state index contributed by atoms with van der Waals surface area (Å²) in [6, 6.07) is 6.33. The lowest BCUT2D eigenvalue weighted by molar-refractivity contribution is 0.726. The second-order valence-electron chi connectivity index (χ2n) is 3.44. The zero-order chi connectivity index (χ0) is 12.1. The van der Waals surface area contributed by atoms with Gasteiger partial charge in [0, 0.05) is 15.9 Å². The van der Waals surface area contributed by atoms with Crippen molar-refractivity contribution in [1.29, 1.82) is 0 Å². The van der Waals surface area contributed by atoms with Crippen LogP contribution in [0.3, 0.4) is 0 Å². The molecule has 1 heterocycles. The van der Waals surface area contributed by atoms with E-state index in [0.717, 1.165) is 27.6 Å². The number of halogens is 1. The predicted octanol–water partition coefficient (Wildman–Crippen LogP) is 2.83. The molecule has 0 saturated carbocycles. The smallest absolute Gasteiger partial charge is 0.188 e. The molecule has 2 rings (SSSR count). The summed E-state index contributed by atoms with van der Waals surface area (Å²) in [5.41, 5.74) is 1.26. The predicted molar refractivity (Wildman–Crippen MR) is 72.0 cm³/mol. The molecular weight excluding hydrogens is 300 g/mol. The van der Waals surface area contributed by atoms with Gasteiger partial charge in [0.2, 0.25) is 0 Å². The summed E-state index contributed by atoms with van der Waals surface area (Å²) in [6.45, 7) is 3.97. The molecule has 1 aromatic heterocycles. The zero-order valence-corrected chi connectivity index (χ0v) is 11.8. The van der Waals surface area contributed by atoms with Crippen LogP contribution in [0.5, 0.6) is 0 Å². The number of nitrogens with one attached hydrogen (secondary N) is 2. The number of hydrogen-bond donors (Lipinski definition) is 2. The van der Waals surface area contributed by atoms with Gasteiger partial charge in [0.1, 0.15) is 6.33 Å². The lowest BCUT2D eigenvalue weighted by atomic mass is 10.2. The lowest BCUT2D eigenvalue weighted by Gasteiger charge is -2.06. The fraction of sp³-hybridized carbons (Fsp3) is 0.273. The van der Waals surface area contributed by atoms with Crippen molar-refractivity contribution in [2.45, 2.75) is 23.5 Å². The normalized spacial score (nSPS) is 10.7. The second kappa shape index (κ2) is 6.18. The summed E-state index contributed by atoms with van der Waals surface area (Å²) < 4.78 is 1.08. The van der Waals surface area contributed by atoms with E-state index < -0.39 is 0 Å². The molecule has 0 aliphatic carbocycles. The SMILES string of the molecule is CCNCc1ccc(Sc2ncn[nH]2)c(Br)c1. The van der Waals surface area contributed by atoms with Gasteiger partial charge in [0.15, 0.2) is 5.16 Å². The van der Waals surface area contributed by atoms with Gasteiger partial charge < -0.3 is 5.32 Å². The van der Waals surface area contributed by atoms with Crippen LogP contribution < -0.4 is 5.32 Å². The average Bonchev–Trinajstić information content (AvgIpc) is 2.82. The molecule has 6 heteroatoms. The molecule has 2 N–H and O–H groups in total. The van der Waals surface area contributed by atoms with Gasteiger partial charge in [-0.05, 0) is 51.9 Å². The third-order valence-corrected chi connectivity index (χ3v) is 4.06. The van der Waals surface area contributed by atoms with Gasteiger partial charge in [-0.15, -0.1) is 0 Å². The molecule has 0 unspecified atom stereocenters. The fourth-order valence-corrected chi connectivity index (χ4v) is 2.72. The molecule has 0 fully saturated rings. The van der Waals surface area contributed by atoms with Crippen LogP contribution in [0.2, 0.25) is 0 Å². The van der Waals surface area contributed by atoms with Crippen molar-refractivity contribution >= 4 is 27.7 Å². The first-order chi connectivity index (χ1) is 8.29. The Bertz CT molecular complexity index is 472. The van der Waals surface area contributed by atoms with E-state index in [1.165, 1.54) is 11.9 Å². The molecule has 0 amide bonds. The average molecular weight is 313 g/mol. The number of aromatic nitrogens is 3. The highest BCUT2D eigenvalue weighted by molar-refractivity contribution is 9.10. The van der Waals surface area contributed by atoms with Crippen LogP contribution in [0.4, 0.5) is 0 Å². The van der Waals surface area contributed by atoms with Crippen molar-refractivity contribution in [1.82, 2.24) is 20.5 Å². The third kappa shape index (κ3) is 3.55. The summed E-state index contributed by atoms with van der Waals surface area (Å²) in [5, 5.41) is 10.8. The topological polar surface area (TPSA) is 53.6 Å². The molecule has 17 heavy (non-hydrogen) atoms. The molecule has 90 valence electrons. The molecule has 1 aromatic carbocycles. The van der Waals surface area contributed by atoms with Crippen LogP contribution in [0.25, 0.3) is 0 Å². The van der Waals surface area contributed by atoms with E-state index in [4.69, 9.17) is 0 Å². The highest BCUT2D eigenvalue weighted by atomic mass is 79.9. The van der Waals surface area contributed by atoms with Gasteiger partial charge >= 0.3 is 0 Å². The summed E-state index contributed by atoms with van der Waals surface area (Å²) in [5.74, 6) is 0. The Morgan fingerprint density at radius 3 is 3.00 bits per heavy atom. The maximum atomic E-state index is 4.09. The molecule has 4 nitrogen and oxygen atoms in total. The maximum Gasteiger partial charge on any atom is 0.188 e. The molecule has 0 bridgehead atoms. The summed E-state index contributed by atoms with van der Waals surface area (Å²) in [7, 11) is 0. The van der Waals surface area contributed by atoms with Crippen molar-refractivity contribution in [3.63, 3.8) is 0 Å². The Hall–Kier alpha value is -0.850. The zero-order valence-electron chi connectivity index (χ0n) is 9.40. The first kappa shape index (κ1) is 12.6. The summed E-state index contributed by atoms with van der Waals surface area (Å²) >= 11 is 5.13. The standard InChI is InChI=1S/C11H13BrN4S/c1-2-13-6-8-3-4-10(9(12)5-8)17-11-14-7-15-16-11/h3-5,7,13H,2,6H2,1H3,(H,14,15,16). The van der Waals surface area contributed by atoms with Crippen molar-refractivity contribution < 1.29 is 0 Å². The van der Waals surface area contributed by atoms with Crippen LogP contribution >= 0.6 is 27.7 Å². The van der Waals surface area contributed by atoms with Crippen LogP contribution in [0, 0.1) is 0 Å². The minimum Gasteiger partial charge on any atom is -0.313 e. The molecule has 0 saturated heterocycles. The van der Waals surface area contributed by atoms with E-state index in [2.05, 4.69) is 61.6 Å². The number of H-pyrrole nitrogens is 1. The number of nitrogens with zero attached hydrogens (tertiary/aromatic N) is 2. The van der Waals surface area contributed by atoms with Gasteiger partial charge in [0.25, 0.3) is 0 Å². The van der Waals surface area contributed by atoms with Crippen molar-refractivity contribution in [2.75, 3.05) is 6.54 Å². The van der Waals surface area contributed by atoms with Crippen LogP contribution in [0.15, 0.2) is 39.1 Å². The third-order valence-electron chi connectivity index (χ3n) is 2.17. The number of rotatable bonds is 5. The van der Waals surface area contributed by atoms with Gasteiger partial charge in [-0.2, -0.15) is 5.10 Å². The Morgan fingerprint density at radius 2 is 2.35 bits per heavy atom. The van der Waals surface area contributed by atoms with Gasteiger partial charge in [-0.25, -0.2) is 4.98 Å². The lowest BCUT2D eigenvalue weighted by Crippen LogP contribution is -2.11. The van der Waals surface area contributed by atoms with Crippen molar-refractivity contribution in [2.24, 2.45) is 0 Å². The highest BCUT2D eigenvalue weighted by Crippen LogP contribution is 2.31. The minimum atomic E-state index is 0.796. The molecule has 0 aliphatic rings. The van der Waals surface area contributed by atoms with E-state index in [-0.39, 0.29) is 0 Å². The van der Waals surface area contributed by atoms with E-state index in [0.29, 0.717) is 0 Å². The monoisotopic (exact) mass is 312 g/mol. The van der Waals surface area contributed by atoms with Crippen LogP contribution in [-0.4, -0.2) is 21.7 Å². The van der Waals surface area contributed by atoms with Gasteiger partial charge in [-0.1, -0.05) is 13.0 Å². The van der Waals surface area contributed by atoms with Crippen molar-refractivity contribution in [3.8, 4) is 0 Å². The van der Waals surface area contributed by atoms with E-state index >= 15 is 0 Å². The number of aromatic amines is 1. The van der Waals surface area contributed by atoms with E-state index in [9.17, 15) is 0 Å². The molecule has 0 spiro atoms. The first-order valence-corrected chi connectivity index (χ1v) is 6.93. The summed E-state index contributed by atoms with van der Waals surface area (Å²) in [4.78, 5) is 5.21. The Morgan fingerprint density at radius 1 is 1.47 bits per heavy atom. The molecule has 0 aliphatic heterocycles. The Labute approximate surface area is 113 Å². The van der Waals surface area contributed by atoms with E-state index in [1.54, 1.807) is 11.8 Å².